The van der Waals surface area contributed by atoms with Gasteiger partial charge in [-0.25, -0.2) is 4.98 Å². The standard InChI is InChI=1S/C33H52N8O/c1-4-6-8-15-36-32-31-30(37-33(34)38-32)13-16-41(31)26-29-12-11-28(24-27(29)3)25-40-19-17-39(18-20-40)21-23-42-22-10-7-9-14-35-5-2/h5,11-13,16,24,35H,2,4,6-10,14-15,17-23,25-26H2,1,3H3,(H3,34,36,37,38). The smallest absolute Gasteiger partial charge is 0.222 e. The Morgan fingerprint density at radius 1 is 0.952 bits per heavy atom. The lowest BCUT2D eigenvalue weighted by atomic mass is 10.0. The number of piperazine rings is 1. The monoisotopic (exact) mass is 576 g/mol. The molecular weight excluding hydrogens is 524 g/mol. The molecule has 0 atom stereocenters. The Bertz CT molecular complexity index is 1230. The molecule has 3 heterocycles. The van der Waals surface area contributed by atoms with Crippen LogP contribution in [-0.2, 0) is 17.8 Å². The fourth-order valence-electron chi connectivity index (χ4n) is 5.61. The second-order valence-corrected chi connectivity index (χ2v) is 11.5. The fraction of sp³-hybridized carbons (Fsp3) is 0.576. The highest BCUT2D eigenvalue weighted by molar-refractivity contribution is 5.87. The molecular formula is C33H52N8O. The molecule has 0 spiro atoms. The van der Waals surface area contributed by atoms with Crippen LogP contribution in [-0.4, -0.2) is 83.4 Å². The van der Waals surface area contributed by atoms with Gasteiger partial charge in [-0.1, -0.05) is 44.5 Å². The van der Waals surface area contributed by atoms with E-state index in [0.29, 0.717) is 5.95 Å². The quantitative estimate of drug-likeness (QED) is 0.172. The van der Waals surface area contributed by atoms with Gasteiger partial charge in [-0.05, 0) is 61.6 Å². The normalized spacial score (nSPS) is 14.4. The van der Waals surface area contributed by atoms with Gasteiger partial charge in [-0.3, -0.25) is 9.80 Å². The first-order valence-electron chi connectivity index (χ1n) is 15.9. The summed E-state index contributed by atoms with van der Waals surface area (Å²) in [5.74, 6) is 1.14. The first kappa shape index (κ1) is 31.8. The van der Waals surface area contributed by atoms with Gasteiger partial charge in [0.25, 0.3) is 0 Å². The highest BCUT2D eigenvalue weighted by atomic mass is 16.5. The number of nitrogens with one attached hydrogen (secondary N) is 2. The number of aromatic nitrogens is 3. The third kappa shape index (κ3) is 9.71. The van der Waals surface area contributed by atoms with E-state index in [9.17, 15) is 0 Å². The van der Waals surface area contributed by atoms with Crippen molar-refractivity contribution in [2.75, 3.05) is 70.1 Å². The summed E-state index contributed by atoms with van der Waals surface area (Å²) in [4.78, 5) is 14.1. The Kier molecular flexibility index (Phi) is 12.9. The largest absolute Gasteiger partial charge is 0.391 e. The van der Waals surface area contributed by atoms with Crippen LogP contribution in [0.4, 0.5) is 11.8 Å². The molecule has 0 bridgehead atoms. The second kappa shape index (κ2) is 17.1. The Hall–Kier alpha value is -3.14. The molecule has 230 valence electrons. The maximum absolute atomic E-state index is 6.01. The van der Waals surface area contributed by atoms with Crippen LogP contribution >= 0.6 is 0 Å². The Balaban J connectivity index is 1.22. The first-order chi connectivity index (χ1) is 20.6. The summed E-state index contributed by atoms with van der Waals surface area (Å²) in [6, 6.07) is 8.96. The average Bonchev–Trinajstić information content (AvgIpc) is 3.39. The number of rotatable bonds is 19. The number of unbranched alkanes of at least 4 members (excludes halogenated alkanes) is 4. The van der Waals surface area contributed by atoms with Crippen molar-refractivity contribution >= 4 is 22.8 Å². The van der Waals surface area contributed by atoms with Gasteiger partial charge in [-0.15, -0.1) is 0 Å². The van der Waals surface area contributed by atoms with Crippen LogP contribution in [0.2, 0.25) is 0 Å². The zero-order valence-corrected chi connectivity index (χ0v) is 25.9. The average molecular weight is 577 g/mol. The minimum absolute atomic E-state index is 0.312. The van der Waals surface area contributed by atoms with Crippen molar-refractivity contribution in [3.63, 3.8) is 0 Å². The lowest BCUT2D eigenvalue weighted by Crippen LogP contribution is -2.46. The number of fused-ring (bicyclic) bond motifs is 1. The van der Waals surface area contributed by atoms with E-state index in [1.54, 1.807) is 6.20 Å². The zero-order chi connectivity index (χ0) is 29.6. The molecule has 1 aromatic carbocycles. The van der Waals surface area contributed by atoms with Crippen LogP contribution in [0, 0.1) is 6.92 Å². The molecule has 4 N–H and O–H groups in total. The van der Waals surface area contributed by atoms with E-state index in [0.717, 1.165) is 102 Å². The number of anilines is 2. The number of aryl methyl sites for hydroxylation is 1. The van der Waals surface area contributed by atoms with Crippen molar-refractivity contribution in [3.05, 3.63) is 59.9 Å². The summed E-state index contributed by atoms with van der Waals surface area (Å²) in [7, 11) is 0. The molecule has 0 amide bonds. The van der Waals surface area contributed by atoms with Gasteiger partial charge in [0.05, 0.1) is 12.1 Å². The lowest BCUT2D eigenvalue weighted by Gasteiger charge is -2.34. The minimum atomic E-state index is 0.312. The first-order valence-corrected chi connectivity index (χ1v) is 15.9. The van der Waals surface area contributed by atoms with Crippen LogP contribution in [0.25, 0.3) is 11.0 Å². The highest BCUT2D eigenvalue weighted by Crippen LogP contribution is 2.25. The summed E-state index contributed by atoms with van der Waals surface area (Å²) in [6.45, 7) is 18.9. The van der Waals surface area contributed by atoms with E-state index in [4.69, 9.17) is 10.5 Å². The molecule has 0 radical (unpaired) electrons. The number of nitrogens with zero attached hydrogens (tertiary/aromatic N) is 5. The third-order valence-electron chi connectivity index (χ3n) is 8.13. The molecule has 2 aromatic heterocycles. The molecule has 1 fully saturated rings. The third-order valence-corrected chi connectivity index (χ3v) is 8.13. The Morgan fingerprint density at radius 3 is 2.55 bits per heavy atom. The van der Waals surface area contributed by atoms with Crippen LogP contribution in [0.3, 0.4) is 0 Å². The number of nitrogens with two attached hydrogens (primary N) is 1. The van der Waals surface area contributed by atoms with E-state index in [-0.39, 0.29) is 0 Å². The van der Waals surface area contributed by atoms with Crippen molar-refractivity contribution in [2.45, 2.75) is 65.5 Å². The molecule has 1 aliphatic rings. The van der Waals surface area contributed by atoms with Gasteiger partial charge in [0, 0.05) is 71.7 Å². The summed E-state index contributed by atoms with van der Waals surface area (Å²) < 4.78 is 8.11. The summed E-state index contributed by atoms with van der Waals surface area (Å²) >= 11 is 0. The molecule has 3 aromatic rings. The van der Waals surface area contributed by atoms with Crippen LogP contribution in [0.15, 0.2) is 43.2 Å². The SMILES string of the molecule is C=CNCCCCCOCCN1CCN(Cc2ccc(Cn3ccc4nc(N)nc(NCCCCC)c43)c(C)c2)CC1. The van der Waals surface area contributed by atoms with E-state index >= 15 is 0 Å². The van der Waals surface area contributed by atoms with E-state index in [1.165, 1.54) is 42.4 Å². The van der Waals surface area contributed by atoms with Gasteiger partial charge in [0.15, 0.2) is 5.82 Å². The van der Waals surface area contributed by atoms with Crippen LogP contribution in [0.1, 0.15) is 62.1 Å². The van der Waals surface area contributed by atoms with Gasteiger partial charge < -0.3 is 25.7 Å². The number of ether oxygens (including phenoxy) is 1. The molecule has 4 rings (SSSR count). The van der Waals surface area contributed by atoms with Crippen LogP contribution in [0.5, 0.6) is 0 Å². The van der Waals surface area contributed by atoms with E-state index in [2.05, 4.69) is 79.8 Å². The Labute approximate surface area is 252 Å². The second-order valence-electron chi connectivity index (χ2n) is 11.5. The van der Waals surface area contributed by atoms with Crippen molar-refractivity contribution in [2.24, 2.45) is 0 Å². The molecule has 1 saturated heterocycles. The minimum Gasteiger partial charge on any atom is -0.391 e. The van der Waals surface area contributed by atoms with Gasteiger partial charge >= 0.3 is 0 Å². The maximum atomic E-state index is 6.01. The molecule has 0 saturated carbocycles. The topological polar surface area (TPSA) is 96.5 Å². The lowest BCUT2D eigenvalue weighted by molar-refractivity contribution is 0.0720. The predicted molar refractivity (Wildman–Crippen MR) is 175 cm³/mol. The number of hydrogen-bond donors (Lipinski definition) is 3. The van der Waals surface area contributed by atoms with E-state index in [1.807, 2.05) is 6.07 Å². The van der Waals surface area contributed by atoms with Crippen molar-refractivity contribution < 1.29 is 4.74 Å². The number of nitrogen functional groups attached to an aromatic ring is 1. The molecule has 9 heteroatoms. The molecule has 9 nitrogen and oxygen atoms in total. The van der Waals surface area contributed by atoms with Gasteiger partial charge in [0.2, 0.25) is 5.95 Å². The van der Waals surface area contributed by atoms with Crippen LogP contribution < -0.4 is 16.4 Å². The van der Waals surface area contributed by atoms with Crippen molar-refractivity contribution in [3.8, 4) is 0 Å². The molecule has 0 unspecified atom stereocenters. The van der Waals surface area contributed by atoms with Gasteiger partial charge in [0.1, 0.15) is 5.52 Å². The van der Waals surface area contributed by atoms with Gasteiger partial charge in [-0.2, -0.15) is 4.98 Å². The molecule has 42 heavy (non-hydrogen) atoms. The number of benzene rings is 1. The fourth-order valence-corrected chi connectivity index (χ4v) is 5.61. The predicted octanol–water partition coefficient (Wildman–Crippen LogP) is 5.01. The number of hydrogen-bond acceptors (Lipinski definition) is 8. The zero-order valence-electron chi connectivity index (χ0n) is 25.9. The van der Waals surface area contributed by atoms with Crippen molar-refractivity contribution in [1.82, 2.24) is 29.7 Å². The summed E-state index contributed by atoms with van der Waals surface area (Å²) in [5, 5.41) is 6.65. The van der Waals surface area contributed by atoms with E-state index < -0.39 is 0 Å². The van der Waals surface area contributed by atoms with Crippen molar-refractivity contribution in [1.29, 1.82) is 0 Å². The molecule has 0 aliphatic carbocycles. The molecule has 1 aliphatic heterocycles. The Morgan fingerprint density at radius 2 is 1.76 bits per heavy atom. The highest BCUT2D eigenvalue weighted by Gasteiger charge is 2.17. The summed E-state index contributed by atoms with van der Waals surface area (Å²) in [5.41, 5.74) is 11.9. The summed E-state index contributed by atoms with van der Waals surface area (Å²) in [6.07, 6.45) is 10.9. The maximum Gasteiger partial charge on any atom is 0.222 e.